The molecule has 0 radical (unpaired) electrons. The number of benzene rings is 1. The van der Waals surface area contributed by atoms with Crippen molar-refractivity contribution in [3.63, 3.8) is 0 Å². The maximum absolute atomic E-state index is 5.87. The number of hydrogen-bond acceptors (Lipinski definition) is 4. The Labute approximate surface area is 90.9 Å². The average molecular weight is 226 g/mol. The minimum atomic E-state index is 0.452. The van der Waals surface area contributed by atoms with Crippen LogP contribution in [0, 0.1) is 0 Å². The summed E-state index contributed by atoms with van der Waals surface area (Å²) in [5.74, 6) is 0. The molecule has 0 aliphatic carbocycles. The third kappa shape index (κ3) is 1.77. The molecule has 3 nitrogen and oxygen atoms in total. The van der Waals surface area contributed by atoms with E-state index in [1.165, 1.54) is 11.7 Å². The van der Waals surface area contributed by atoms with Crippen molar-refractivity contribution in [2.24, 2.45) is 5.73 Å². The summed E-state index contributed by atoms with van der Waals surface area (Å²) in [6.45, 7) is 0.452. The molecule has 1 aromatic carbocycles. The smallest absolute Gasteiger partial charge is 0.104 e. The minimum Gasteiger partial charge on any atom is -0.326 e. The molecule has 1 aromatic heterocycles. The van der Waals surface area contributed by atoms with Crippen molar-refractivity contribution in [2.45, 2.75) is 6.54 Å². The van der Waals surface area contributed by atoms with Crippen LogP contribution < -0.4 is 5.73 Å². The summed E-state index contributed by atoms with van der Waals surface area (Å²) >= 11 is 7.05. The molecule has 2 rings (SSSR count). The summed E-state index contributed by atoms with van der Waals surface area (Å²) in [5, 5.41) is 0.692. The molecule has 2 N–H and O–H groups in total. The lowest BCUT2D eigenvalue weighted by Crippen LogP contribution is -1.98. The summed E-state index contributed by atoms with van der Waals surface area (Å²) in [5.41, 5.74) is 8.47. The third-order valence-corrected chi connectivity index (χ3v) is 2.64. The third-order valence-electron chi connectivity index (χ3n) is 1.92. The zero-order valence-corrected chi connectivity index (χ0v) is 8.85. The van der Waals surface area contributed by atoms with Crippen molar-refractivity contribution < 1.29 is 0 Å². The van der Waals surface area contributed by atoms with Gasteiger partial charge in [-0.1, -0.05) is 17.7 Å². The predicted octanol–water partition coefficient (Wildman–Crippen LogP) is 2.32. The first-order valence-corrected chi connectivity index (χ1v) is 5.18. The van der Waals surface area contributed by atoms with Gasteiger partial charge in [0.2, 0.25) is 0 Å². The molecule has 0 saturated carbocycles. The molecule has 14 heavy (non-hydrogen) atoms. The van der Waals surface area contributed by atoms with E-state index in [-0.39, 0.29) is 0 Å². The standard InChI is InChI=1S/C9H8ClN3S/c10-7-1-2-8(6(3-7)4-11)9-5-12-14-13-9/h1-3,5H,4,11H2. The highest BCUT2D eigenvalue weighted by atomic mass is 35.5. The molecule has 0 unspecified atom stereocenters. The zero-order chi connectivity index (χ0) is 9.97. The predicted molar refractivity (Wildman–Crippen MR) is 58.2 cm³/mol. The average Bonchev–Trinajstić information content (AvgIpc) is 2.70. The Kier molecular flexibility index (Phi) is 2.77. The van der Waals surface area contributed by atoms with Crippen LogP contribution in [0.3, 0.4) is 0 Å². The van der Waals surface area contributed by atoms with Crippen LogP contribution in [-0.2, 0) is 6.54 Å². The Morgan fingerprint density at radius 2 is 2.29 bits per heavy atom. The fraction of sp³-hybridized carbons (Fsp3) is 0.111. The molecule has 0 amide bonds. The van der Waals surface area contributed by atoms with E-state index >= 15 is 0 Å². The van der Waals surface area contributed by atoms with E-state index in [2.05, 4.69) is 8.75 Å². The van der Waals surface area contributed by atoms with Gasteiger partial charge in [-0.05, 0) is 17.7 Å². The Hall–Kier alpha value is -0.970. The van der Waals surface area contributed by atoms with Gasteiger partial charge in [-0.25, -0.2) is 0 Å². The molecule has 72 valence electrons. The Morgan fingerprint density at radius 3 is 2.93 bits per heavy atom. The van der Waals surface area contributed by atoms with E-state index < -0.39 is 0 Å². The summed E-state index contributed by atoms with van der Waals surface area (Å²) < 4.78 is 8.11. The molecule has 0 atom stereocenters. The molecule has 0 aliphatic heterocycles. The highest BCUT2D eigenvalue weighted by Gasteiger charge is 2.06. The Bertz CT molecular complexity index is 428. The van der Waals surface area contributed by atoms with Gasteiger partial charge in [0.15, 0.2) is 0 Å². The molecule has 0 saturated heterocycles. The maximum Gasteiger partial charge on any atom is 0.104 e. The van der Waals surface area contributed by atoms with Gasteiger partial charge in [0.05, 0.1) is 17.9 Å². The van der Waals surface area contributed by atoms with E-state index in [9.17, 15) is 0 Å². The summed E-state index contributed by atoms with van der Waals surface area (Å²) in [4.78, 5) is 0. The summed E-state index contributed by atoms with van der Waals surface area (Å²) in [6.07, 6.45) is 1.73. The fourth-order valence-electron chi connectivity index (χ4n) is 1.26. The number of hydrogen-bond donors (Lipinski definition) is 1. The van der Waals surface area contributed by atoms with Crippen LogP contribution in [0.1, 0.15) is 5.56 Å². The second kappa shape index (κ2) is 4.04. The highest BCUT2D eigenvalue weighted by Crippen LogP contribution is 2.24. The Morgan fingerprint density at radius 1 is 1.43 bits per heavy atom. The van der Waals surface area contributed by atoms with Gasteiger partial charge < -0.3 is 5.73 Å². The second-order valence-electron chi connectivity index (χ2n) is 2.80. The number of halogens is 1. The molecular formula is C9H8ClN3S. The molecule has 0 spiro atoms. The van der Waals surface area contributed by atoms with E-state index in [4.69, 9.17) is 17.3 Å². The Balaban J connectivity index is 2.53. The van der Waals surface area contributed by atoms with Crippen LogP contribution >= 0.6 is 23.3 Å². The first kappa shape index (κ1) is 9.58. The van der Waals surface area contributed by atoms with Gasteiger partial charge in [0.1, 0.15) is 5.69 Å². The van der Waals surface area contributed by atoms with E-state index in [0.717, 1.165) is 16.8 Å². The van der Waals surface area contributed by atoms with Gasteiger partial charge in [0.25, 0.3) is 0 Å². The highest BCUT2D eigenvalue weighted by molar-refractivity contribution is 6.99. The SMILES string of the molecule is NCc1cc(Cl)ccc1-c1cnsn1. The minimum absolute atomic E-state index is 0.452. The molecule has 5 heteroatoms. The van der Waals surface area contributed by atoms with Crippen molar-refractivity contribution in [3.05, 3.63) is 35.0 Å². The number of nitrogens with two attached hydrogens (primary N) is 1. The van der Waals surface area contributed by atoms with Crippen molar-refractivity contribution in [1.82, 2.24) is 8.75 Å². The molecule has 0 fully saturated rings. The van der Waals surface area contributed by atoms with Crippen LogP contribution in [0.4, 0.5) is 0 Å². The van der Waals surface area contributed by atoms with Crippen molar-refractivity contribution in [1.29, 1.82) is 0 Å². The van der Waals surface area contributed by atoms with Crippen LogP contribution in [0.15, 0.2) is 24.4 Å². The van der Waals surface area contributed by atoms with Crippen LogP contribution in [-0.4, -0.2) is 8.75 Å². The number of rotatable bonds is 2. The van der Waals surface area contributed by atoms with E-state index in [0.29, 0.717) is 11.6 Å². The van der Waals surface area contributed by atoms with Gasteiger partial charge in [-0.15, -0.1) is 0 Å². The molecular weight excluding hydrogens is 218 g/mol. The maximum atomic E-state index is 5.87. The van der Waals surface area contributed by atoms with Crippen molar-refractivity contribution in [3.8, 4) is 11.3 Å². The van der Waals surface area contributed by atoms with Gasteiger partial charge >= 0.3 is 0 Å². The largest absolute Gasteiger partial charge is 0.326 e. The fourth-order valence-corrected chi connectivity index (χ4v) is 1.89. The van der Waals surface area contributed by atoms with Gasteiger partial charge in [0, 0.05) is 17.1 Å². The molecule has 0 bridgehead atoms. The lowest BCUT2D eigenvalue weighted by Gasteiger charge is -2.04. The number of aromatic nitrogens is 2. The molecule has 0 aliphatic rings. The lowest BCUT2D eigenvalue weighted by atomic mass is 10.1. The van der Waals surface area contributed by atoms with Crippen LogP contribution in [0.5, 0.6) is 0 Å². The molecule has 1 heterocycles. The van der Waals surface area contributed by atoms with Crippen LogP contribution in [0.25, 0.3) is 11.3 Å². The van der Waals surface area contributed by atoms with Crippen molar-refractivity contribution in [2.75, 3.05) is 0 Å². The first-order chi connectivity index (χ1) is 6.81. The van der Waals surface area contributed by atoms with Gasteiger partial charge in [-0.3, -0.25) is 0 Å². The monoisotopic (exact) mass is 225 g/mol. The quantitative estimate of drug-likeness (QED) is 0.854. The lowest BCUT2D eigenvalue weighted by molar-refractivity contribution is 1.07. The van der Waals surface area contributed by atoms with Crippen molar-refractivity contribution >= 4 is 23.3 Å². The summed E-state index contributed by atoms with van der Waals surface area (Å²) in [6, 6.07) is 5.60. The topological polar surface area (TPSA) is 51.8 Å². The normalized spacial score (nSPS) is 10.4. The summed E-state index contributed by atoms with van der Waals surface area (Å²) in [7, 11) is 0. The zero-order valence-electron chi connectivity index (χ0n) is 7.27. The van der Waals surface area contributed by atoms with Gasteiger partial charge in [-0.2, -0.15) is 8.75 Å². The second-order valence-corrected chi connectivity index (χ2v) is 3.79. The molecule has 2 aromatic rings. The van der Waals surface area contributed by atoms with E-state index in [1.54, 1.807) is 6.20 Å². The van der Waals surface area contributed by atoms with Crippen LogP contribution in [0.2, 0.25) is 5.02 Å². The number of nitrogens with zero attached hydrogens (tertiary/aromatic N) is 2. The van der Waals surface area contributed by atoms with E-state index in [1.807, 2.05) is 18.2 Å². The first-order valence-electron chi connectivity index (χ1n) is 4.07.